The maximum absolute atomic E-state index is 11.1. The Balaban J connectivity index is 3.15. The van der Waals surface area contributed by atoms with Gasteiger partial charge in [-0.3, -0.25) is 0 Å². The van der Waals surface area contributed by atoms with Crippen molar-refractivity contribution in [1.29, 1.82) is 0 Å². The van der Waals surface area contributed by atoms with Gasteiger partial charge in [-0.05, 0) is 0 Å². The summed E-state index contributed by atoms with van der Waals surface area (Å²) in [5.41, 5.74) is -0.302. The normalized spacial score (nSPS) is 9.64. The molecule has 1 aromatic heterocycles. The molecule has 1 aromatic rings. The van der Waals surface area contributed by atoms with Gasteiger partial charge in [-0.1, -0.05) is 0 Å². The summed E-state index contributed by atoms with van der Waals surface area (Å²) in [5.74, 6) is -1.45. The molecule has 0 saturated carbocycles. The van der Waals surface area contributed by atoms with E-state index in [4.69, 9.17) is 0 Å². The first kappa shape index (κ1) is 10.2. The van der Waals surface area contributed by atoms with Crippen molar-refractivity contribution < 1.29 is 19.1 Å². The van der Waals surface area contributed by atoms with Gasteiger partial charge in [-0.2, -0.15) is 4.80 Å². The second-order valence-corrected chi connectivity index (χ2v) is 2.37. The number of hydrogen-bond donors (Lipinski definition) is 0. The first-order valence-corrected chi connectivity index (χ1v) is 3.68. The van der Waals surface area contributed by atoms with E-state index in [1.807, 2.05) is 0 Å². The predicted molar refractivity (Wildman–Crippen MR) is 43.7 cm³/mol. The zero-order chi connectivity index (χ0) is 10.7. The third-order valence-electron chi connectivity index (χ3n) is 1.47. The van der Waals surface area contributed by atoms with E-state index in [0.29, 0.717) is 0 Å². The zero-order valence-electron chi connectivity index (χ0n) is 7.97. The number of rotatable bonds is 2. The highest BCUT2D eigenvalue weighted by atomic mass is 16.5. The van der Waals surface area contributed by atoms with E-state index < -0.39 is 11.9 Å². The lowest BCUT2D eigenvalue weighted by Crippen LogP contribution is -2.11. The Morgan fingerprint density at radius 1 is 1.07 bits per heavy atom. The molecule has 0 fully saturated rings. The topological polar surface area (TPSA) is 83.3 Å². The summed E-state index contributed by atoms with van der Waals surface area (Å²) in [6.45, 7) is 0. The molecule has 76 valence electrons. The molecule has 0 aliphatic heterocycles. The maximum Gasteiger partial charge on any atom is 0.361 e. The minimum Gasteiger partial charge on any atom is -0.464 e. The van der Waals surface area contributed by atoms with Gasteiger partial charge in [0.2, 0.25) is 11.4 Å². The first-order chi connectivity index (χ1) is 6.60. The van der Waals surface area contributed by atoms with Gasteiger partial charge in [0.15, 0.2) is 0 Å². The quantitative estimate of drug-likeness (QED) is 0.591. The third-order valence-corrected chi connectivity index (χ3v) is 1.47. The molecule has 0 N–H and O–H groups in total. The summed E-state index contributed by atoms with van der Waals surface area (Å²) in [6, 6.07) is 0. The van der Waals surface area contributed by atoms with Crippen molar-refractivity contribution in [3.05, 3.63) is 11.4 Å². The third kappa shape index (κ3) is 1.70. The summed E-state index contributed by atoms with van der Waals surface area (Å²) in [6.07, 6.45) is 0. The summed E-state index contributed by atoms with van der Waals surface area (Å²) in [5, 5.41) is 7.36. The number of aryl methyl sites for hydroxylation is 1. The lowest BCUT2D eigenvalue weighted by Gasteiger charge is -1.95. The summed E-state index contributed by atoms with van der Waals surface area (Å²) >= 11 is 0. The first-order valence-electron chi connectivity index (χ1n) is 3.68. The second kappa shape index (κ2) is 3.86. The average Bonchev–Trinajstić information content (AvgIpc) is 2.58. The molecule has 0 aliphatic carbocycles. The van der Waals surface area contributed by atoms with Gasteiger partial charge < -0.3 is 9.47 Å². The smallest absolute Gasteiger partial charge is 0.361 e. The predicted octanol–water partition coefficient (Wildman–Crippen LogP) is -0.612. The molecule has 1 rings (SSSR count). The van der Waals surface area contributed by atoms with Gasteiger partial charge in [0.25, 0.3) is 0 Å². The number of carbonyl (C=O) groups is 2. The van der Waals surface area contributed by atoms with Gasteiger partial charge in [0.1, 0.15) is 0 Å². The lowest BCUT2D eigenvalue weighted by atomic mass is 10.3. The fourth-order valence-electron chi connectivity index (χ4n) is 0.875. The highest BCUT2D eigenvalue weighted by Gasteiger charge is 2.24. The van der Waals surface area contributed by atoms with Crippen LogP contribution in [0.3, 0.4) is 0 Å². The van der Waals surface area contributed by atoms with Crippen LogP contribution in [0.25, 0.3) is 0 Å². The largest absolute Gasteiger partial charge is 0.464 e. The molecule has 0 spiro atoms. The number of ether oxygens (including phenoxy) is 2. The van der Waals surface area contributed by atoms with E-state index in [1.54, 1.807) is 0 Å². The Morgan fingerprint density at radius 2 is 1.43 bits per heavy atom. The summed E-state index contributed by atoms with van der Waals surface area (Å²) in [7, 11) is 3.87. The van der Waals surface area contributed by atoms with Crippen LogP contribution in [0.2, 0.25) is 0 Å². The van der Waals surface area contributed by atoms with Crippen LogP contribution < -0.4 is 0 Å². The van der Waals surface area contributed by atoms with Gasteiger partial charge in [-0.25, -0.2) is 9.59 Å². The Hall–Kier alpha value is -1.92. The van der Waals surface area contributed by atoms with Crippen LogP contribution >= 0.6 is 0 Å². The SMILES string of the molecule is COC(=O)c1nn(C)nc1C(=O)OC. The molecular weight excluding hydrogens is 190 g/mol. The Morgan fingerprint density at radius 3 is 1.71 bits per heavy atom. The summed E-state index contributed by atoms with van der Waals surface area (Å²) in [4.78, 5) is 23.3. The molecule has 0 radical (unpaired) electrons. The van der Waals surface area contributed by atoms with Gasteiger partial charge in [0.05, 0.1) is 14.2 Å². The Kier molecular flexibility index (Phi) is 2.80. The minimum atomic E-state index is -0.724. The minimum absolute atomic E-state index is 0.151. The van der Waals surface area contributed by atoms with Crippen LogP contribution in [-0.4, -0.2) is 41.2 Å². The van der Waals surface area contributed by atoms with E-state index in [0.717, 1.165) is 4.80 Å². The Bertz CT molecular complexity index is 338. The fourth-order valence-corrected chi connectivity index (χ4v) is 0.875. The number of esters is 2. The van der Waals surface area contributed by atoms with E-state index >= 15 is 0 Å². The maximum atomic E-state index is 11.1. The van der Waals surface area contributed by atoms with Crippen molar-refractivity contribution in [1.82, 2.24) is 15.0 Å². The van der Waals surface area contributed by atoms with Crippen LogP contribution in [0, 0.1) is 0 Å². The van der Waals surface area contributed by atoms with Crippen molar-refractivity contribution in [2.24, 2.45) is 7.05 Å². The second-order valence-electron chi connectivity index (χ2n) is 2.37. The molecular formula is C7H9N3O4. The zero-order valence-corrected chi connectivity index (χ0v) is 7.97. The lowest BCUT2D eigenvalue weighted by molar-refractivity contribution is 0.0548. The van der Waals surface area contributed by atoms with Gasteiger partial charge in [0, 0.05) is 7.05 Å². The van der Waals surface area contributed by atoms with E-state index in [9.17, 15) is 9.59 Å². The number of hydrogen-bond acceptors (Lipinski definition) is 6. The van der Waals surface area contributed by atoms with E-state index in [2.05, 4.69) is 19.7 Å². The van der Waals surface area contributed by atoms with Crippen LogP contribution in [0.15, 0.2) is 0 Å². The molecule has 7 heteroatoms. The monoisotopic (exact) mass is 199 g/mol. The van der Waals surface area contributed by atoms with Crippen LogP contribution in [-0.2, 0) is 16.5 Å². The highest BCUT2D eigenvalue weighted by molar-refractivity contribution is 6.00. The fraction of sp³-hybridized carbons (Fsp3) is 0.429. The van der Waals surface area contributed by atoms with E-state index in [-0.39, 0.29) is 11.4 Å². The number of nitrogens with zero attached hydrogens (tertiary/aromatic N) is 3. The standard InChI is InChI=1S/C7H9N3O4/c1-10-8-4(6(11)13-2)5(9-10)7(12)14-3/h1-3H3. The molecule has 0 bridgehead atoms. The Labute approximate surface area is 79.6 Å². The molecule has 0 amide bonds. The molecule has 0 saturated heterocycles. The van der Waals surface area contributed by atoms with Crippen LogP contribution in [0.5, 0.6) is 0 Å². The van der Waals surface area contributed by atoms with Crippen molar-refractivity contribution in [3.63, 3.8) is 0 Å². The van der Waals surface area contributed by atoms with Crippen molar-refractivity contribution >= 4 is 11.9 Å². The number of aromatic nitrogens is 3. The highest BCUT2D eigenvalue weighted by Crippen LogP contribution is 2.05. The molecule has 0 unspecified atom stereocenters. The molecule has 0 aromatic carbocycles. The molecule has 14 heavy (non-hydrogen) atoms. The van der Waals surface area contributed by atoms with Gasteiger partial charge in [-0.15, -0.1) is 10.2 Å². The number of methoxy groups -OCH3 is 2. The van der Waals surface area contributed by atoms with Crippen LogP contribution in [0.4, 0.5) is 0 Å². The van der Waals surface area contributed by atoms with Gasteiger partial charge >= 0.3 is 11.9 Å². The van der Waals surface area contributed by atoms with E-state index in [1.165, 1.54) is 21.3 Å². The number of carbonyl (C=O) groups excluding carboxylic acids is 2. The van der Waals surface area contributed by atoms with Crippen molar-refractivity contribution in [2.45, 2.75) is 0 Å². The van der Waals surface area contributed by atoms with Crippen molar-refractivity contribution in [3.8, 4) is 0 Å². The van der Waals surface area contributed by atoms with Crippen LogP contribution in [0.1, 0.15) is 21.0 Å². The summed E-state index contributed by atoms with van der Waals surface area (Å²) < 4.78 is 8.84. The molecule has 0 atom stereocenters. The molecule has 7 nitrogen and oxygen atoms in total. The van der Waals surface area contributed by atoms with Crippen molar-refractivity contribution in [2.75, 3.05) is 14.2 Å². The molecule has 0 aliphatic rings. The molecule has 1 heterocycles. The average molecular weight is 199 g/mol.